The minimum Gasteiger partial charge on any atom is -0.397 e. The molecule has 0 radical (unpaired) electrons. The highest BCUT2D eigenvalue weighted by Crippen LogP contribution is 2.30. The lowest BCUT2D eigenvalue weighted by Crippen LogP contribution is -2.34. The summed E-state index contributed by atoms with van der Waals surface area (Å²) in [6, 6.07) is 8.98. The first-order valence-electron chi connectivity index (χ1n) is 13.1. The standard InChI is InChI=1S/C28H33FN6O6/c1-35(10-11-41-2)22(38)14-17(37)13-16(36)8-9-31-27(39)15-6-7-19-21(12-15)33-26(32-19)24-25(30)23-18(29)4-3-5-20(23)34-28(24)40/h3-7,12,16-17,36-37H,8-11,13-14H2,1-2H3,(H,31,39)(H,32,33)(H3,30,34,40)/t16-,17-/m1/s1. The van der Waals surface area contributed by atoms with Crippen molar-refractivity contribution in [3.05, 3.63) is 58.1 Å². The number of H-pyrrole nitrogens is 2. The van der Waals surface area contributed by atoms with E-state index in [0.29, 0.717) is 29.7 Å². The fourth-order valence-corrected chi connectivity index (χ4v) is 4.52. The van der Waals surface area contributed by atoms with Crippen molar-refractivity contribution in [2.75, 3.05) is 39.6 Å². The Balaban J connectivity index is 1.37. The Morgan fingerprint density at radius 1 is 1.17 bits per heavy atom. The summed E-state index contributed by atoms with van der Waals surface area (Å²) in [6.45, 7) is 0.919. The Hall–Kier alpha value is -4.33. The third kappa shape index (κ3) is 6.88. The van der Waals surface area contributed by atoms with Crippen LogP contribution in [0.1, 0.15) is 29.6 Å². The molecule has 13 heteroatoms. The van der Waals surface area contributed by atoms with Crippen molar-refractivity contribution in [3.63, 3.8) is 0 Å². The minimum absolute atomic E-state index is 0.00991. The quantitative estimate of drug-likeness (QED) is 0.148. The fraction of sp³-hybridized carbons (Fsp3) is 0.357. The van der Waals surface area contributed by atoms with Crippen LogP contribution in [0.25, 0.3) is 33.3 Å². The number of likely N-dealkylation sites (N-methyl/N-ethyl adjacent to an activating group) is 1. The van der Waals surface area contributed by atoms with Crippen molar-refractivity contribution >= 4 is 39.4 Å². The third-order valence-corrected chi connectivity index (χ3v) is 6.78. The molecule has 4 aromatic rings. The Kier molecular flexibility index (Phi) is 9.32. The van der Waals surface area contributed by atoms with Gasteiger partial charge in [-0.15, -0.1) is 0 Å². The number of methoxy groups -OCH3 is 1. The molecule has 41 heavy (non-hydrogen) atoms. The molecule has 0 aliphatic rings. The average molecular weight is 569 g/mol. The van der Waals surface area contributed by atoms with Crippen LogP contribution in [-0.4, -0.2) is 87.9 Å². The van der Waals surface area contributed by atoms with Crippen LogP contribution in [-0.2, 0) is 9.53 Å². The van der Waals surface area contributed by atoms with E-state index in [9.17, 15) is 29.0 Å². The number of aromatic amines is 2. The number of benzene rings is 2. The number of rotatable bonds is 12. The van der Waals surface area contributed by atoms with E-state index in [1.54, 1.807) is 31.3 Å². The van der Waals surface area contributed by atoms with E-state index < -0.39 is 29.5 Å². The predicted molar refractivity (Wildman–Crippen MR) is 152 cm³/mol. The van der Waals surface area contributed by atoms with E-state index in [1.807, 2.05) is 0 Å². The van der Waals surface area contributed by atoms with Gasteiger partial charge in [0.25, 0.3) is 11.5 Å². The van der Waals surface area contributed by atoms with Crippen LogP contribution in [0, 0.1) is 5.82 Å². The number of aromatic nitrogens is 3. The van der Waals surface area contributed by atoms with Gasteiger partial charge in [-0.1, -0.05) is 6.07 Å². The number of nitrogen functional groups attached to an aromatic ring is 1. The maximum atomic E-state index is 14.4. The first kappa shape index (κ1) is 29.6. The highest BCUT2D eigenvalue weighted by molar-refractivity contribution is 6.00. The number of hydrogen-bond donors (Lipinski definition) is 6. The lowest BCUT2D eigenvalue weighted by atomic mass is 10.1. The molecule has 7 N–H and O–H groups in total. The first-order chi connectivity index (χ1) is 19.6. The summed E-state index contributed by atoms with van der Waals surface area (Å²) in [7, 11) is 3.15. The number of nitrogens with two attached hydrogens (primary N) is 1. The number of nitrogens with zero attached hydrogens (tertiary/aromatic N) is 2. The van der Waals surface area contributed by atoms with Gasteiger partial charge >= 0.3 is 0 Å². The molecule has 2 aromatic carbocycles. The number of halogens is 1. The van der Waals surface area contributed by atoms with E-state index in [2.05, 4.69) is 20.3 Å². The zero-order chi connectivity index (χ0) is 29.7. The molecule has 2 aromatic heterocycles. The molecule has 2 amide bonds. The number of nitrogens with one attached hydrogen (secondary N) is 3. The minimum atomic E-state index is -1.02. The summed E-state index contributed by atoms with van der Waals surface area (Å²) >= 11 is 0. The van der Waals surface area contributed by atoms with Gasteiger partial charge in [0.05, 0.1) is 52.9 Å². The topological polar surface area (TPSA) is 187 Å². The van der Waals surface area contributed by atoms with Gasteiger partial charge in [-0.25, -0.2) is 9.37 Å². The highest BCUT2D eigenvalue weighted by Gasteiger charge is 2.20. The van der Waals surface area contributed by atoms with Gasteiger partial charge < -0.3 is 40.9 Å². The summed E-state index contributed by atoms with van der Waals surface area (Å²) in [5.41, 5.74) is 7.08. The molecule has 12 nitrogen and oxygen atoms in total. The molecule has 0 fully saturated rings. The van der Waals surface area contributed by atoms with Gasteiger partial charge in [0.1, 0.15) is 17.2 Å². The molecule has 0 saturated carbocycles. The number of carbonyl (C=O) groups excluding carboxylic acids is 2. The third-order valence-electron chi connectivity index (χ3n) is 6.78. The monoisotopic (exact) mass is 568 g/mol. The zero-order valence-electron chi connectivity index (χ0n) is 22.7. The van der Waals surface area contributed by atoms with Crippen LogP contribution in [0.5, 0.6) is 0 Å². The first-order valence-corrected chi connectivity index (χ1v) is 13.1. The van der Waals surface area contributed by atoms with E-state index in [1.165, 1.54) is 24.1 Å². The molecular weight excluding hydrogens is 535 g/mol. The molecular formula is C28H33FN6O6. The second kappa shape index (κ2) is 12.9. The normalized spacial score (nSPS) is 12.9. The molecule has 0 spiro atoms. The van der Waals surface area contributed by atoms with Gasteiger partial charge in [-0.3, -0.25) is 14.4 Å². The van der Waals surface area contributed by atoms with Gasteiger partial charge in [0.2, 0.25) is 5.91 Å². The van der Waals surface area contributed by atoms with E-state index >= 15 is 0 Å². The summed E-state index contributed by atoms with van der Waals surface area (Å²) in [5.74, 6) is -1.11. The van der Waals surface area contributed by atoms with Crippen molar-refractivity contribution in [1.82, 2.24) is 25.2 Å². The molecule has 2 atom stereocenters. The smallest absolute Gasteiger partial charge is 0.261 e. The number of aliphatic hydroxyl groups is 2. The second-order valence-electron chi connectivity index (χ2n) is 9.82. The number of aliphatic hydroxyl groups excluding tert-OH is 2. The van der Waals surface area contributed by atoms with E-state index in [0.717, 1.165) is 0 Å². The van der Waals surface area contributed by atoms with Crippen LogP contribution in [0.2, 0.25) is 0 Å². The lowest BCUT2D eigenvalue weighted by Gasteiger charge is -2.20. The van der Waals surface area contributed by atoms with Crippen LogP contribution >= 0.6 is 0 Å². The fourth-order valence-electron chi connectivity index (χ4n) is 4.52. The number of amides is 2. The molecule has 0 saturated heterocycles. The molecule has 2 heterocycles. The van der Waals surface area contributed by atoms with Gasteiger partial charge in [-0.05, 0) is 43.2 Å². The molecule has 0 aliphatic heterocycles. The maximum Gasteiger partial charge on any atom is 0.261 e. The van der Waals surface area contributed by atoms with E-state index in [4.69, 9.17) is 10.5 Å². The van der Waals surface area contributed by atoms with Gasteiger partial charge in [0, 0.05) is 32.8 Å². The van der Waals surface area contributed by atoms with Crippen LogP contribution in [0.15, 0.2) is 41.2 Å². The zero-order valence-corrected chi connectivity index (χ0v) is 22.7. The number of imidazole rings is 1. The van der Waals surface area contributed by atoms with Crippen LogP contribution in [0.3, 0.4) is 0 Å². The largest absolute Gasteiger partial charge is 0.397 e. The Bertz CT molecular complexity index is 1620. The van der Waals surface area contributed by atoms with Crippen LogP contribution < -0.4 is 16.6 Å². The Labute approximate surface area is 234 Å². The summed E-state index contributed by atoms with van der Waals surface area (Å²) < 4.78 is 19.4. The SMILES string of the molecule is COCCN(C)C(=O)C[C@H](O)C[C@H](O)CCNC(=O)c1ccc2nc(-c3c(N)c4c(F)cccc4[nH]c3=O)[nH]c2c1. The Morgan fingerprint density at radius 2 is 1.95 bits per heavy atom. The number of anilines is 1. The molecule has 0 unspecified atom stereocenters. The lowest BCUT2D eigenvalue weighted by molar-refractivity contribution is -0.132. The van der Waals surface area contributed by atoms with E-state index in [-0.39, 0.29) is 59.7 Å². The van der Waals surface area contributed by atoms with Crippen molar-refractivity contribution in [2.45, 2.75) is 31.5 Å². The number of hydrogen-bond acceptors (Lipinski definition) is 8. The predicted octanol–water partition coefficient (Wildman–Crippen LogP) is 1.52. The second-order valence-corrected chi connectivity index (χ2v) is 9.82. The average Bonchev–Trinajstić information content (AvgIpc) is 3.34. The number of carbonyl (C=O) groups is 2. The summed E-state index contributed by atoms with van der Waals surface area (Å²) in [4.78, 5) is 49.0. The van der Waals surface area contributed by atoms with Crippen molar-refractivity contribution in [2.24, 2.45) is 0 Å². The molecule has 0 aliphatic carbocycles. The molecule has 0 bridgehead atoms. The van der Waals surface area contributed by atoms with Crippen molar-refractivity contribution < 1.29 is 28.9 Å². The van der Waals surface area contributed by atoms with Gasteiger partial charge in [-0.2, -0.15) is 0 Å². The van der Waals surface area contributed by atoms with Gasteiger partial charge in [0.15, 0.2) is 0 Å². The number of fused-ring (bicyclic) bond motifs is 2. The summed E-state index contributed by atoms with van der Waals surface area (Å²) in [5, 5.41) is 23.2. The Morgan fingerprint density at radius 3 is 2.71 bits per heavy atom. The van der Waals surface area contributed by atoms with Crippen molar-refractivity contribution in [1.29, 1.82) is 0 Å². The number of ether oxygens (including phenoxy) is 1. The number of pyridine rings is 1. The van der Waals surface area contributed by atoms with Crippen LogP contribution in [0.4, 0.5) is 10.1 Å². The summed E-state index contributed by atoms with van der Waals surface area (Å²) in [6.07, 6.45) is -1.90. The molecule has 4 rings (SSSR count). The molecule has 218 valence electrons. The maximum absolute atomic E-state index is 14.4. The highest BCUT2D eigenvalue weighted by atomic mass is 19.1. The van der Waals surface area contributed by atoms with Crippen molar-refractivity contribution in [3.8, 4) is 11.4 Å².